The number of benzene rings is 3. The highest BCUT2D eigenvalue weighted by Crippen LogP contribution is 2.44. The molecule has 1 atom stereocenters. The third-order valence-electron chi connectivity index (χ3n) is 7.02. The van der Waals surface area contributed by atoms with E-state index in [1.165, 1.54) is 0 Å². The van der Waals surface area contributed by atoms with E-state index in [9.17, 15) is 19.5 Å². The maximum absolute atomic E-state index is 12.5. The Hall–Kier alpha value is -4.13. The molecule has 0 spiro atoms. The summed E-state index contributed by atoms with van der Waals surface area (Å²) in [5.74, 6) is -0.502. The zero-order valence-electron chi connectivity index (χ0n) is 22.2. The number of nitrogens with one attached hydrogen (secondary N) is 1. The van der Waals surface area contributed by atoms with Crippen LogP contribution < -0.4 is 10.1 Å². The Labute approximate surface area is 229 Å². The summed E-state index contributed by atoms with van der Waals surface area (Å²) in [4.78, 5) is 36.8. The van der Waals surface area contributed by atoms with Gasteiger partial charge in [0, 0.05) is 17.9 Å². The minimum atomic E-state index is -1.13. The standard InChI is InChI=1S/C32H35NO6/c1-2-3-20-38-23-18-16-22(17-19-23)30(34)15-9-8-14-29(31(35)36)33-32(37)39-21-28-26-12-6-4-10-24(26)25-11-5-7-13-27(25)28/h4-7,10-13,16-19,28-29H,2-3,8-9,14-15,20-21H2,1H3,(H,33,37)(H,35,36)/t29-/m1/s1. The zero-order valence-corrected chi connectivity index (χ0v) is 22.2. The van der Waals surface area contributed by atoms with Gasteiger partial charge in [0.2, 0.25) is 0 Å². The van der Waals surface area contributed by atoms with Crippen molar-refractivity contribution in [3.8, 4) is 16.9 Å². The summed E-state index contributed by atoms with van der Waals surface area (Å²) in [6, 6.07) is 22.0. The third-order valence-corrected chi connectivity index (χ3v) is 7.02. The number of carbonyl (C=O) groups excluding carboxylic acids is 2. The Morgan fingerprint density at radius 2 is 1.51 bits per heavy atom. The van der Waals surface area contributed by atoms with E-state index in [0.29, 0.717) is 31.4 Å². The van der Waals surface area contributed by atoms with Crippen LogP contribution in [0.3, 0.4) is 0 Å². The molecule has 1 aliphatic carbocycles. The second-order valence-corrected chi connectivity index (χ2v) is 9.76. The molecule has 2 N–H and O–H groups in total. The second-order valence-electron chi connectivity index (χ2n) is 9.76. The molecule has 7 heteroatoms. The van der Waals surface area contributed by atoms with E-state index < -0.39 is 18.1 Å². The number of carboxylic acid groups (broad SMARTS) is 1. The van der Waals surface area contributed by atoms with Crippen LogP contribution in [0.2, 0.25) is 0 Å². The molecular weight excluding hydrogens is 494 g/mol. The fourth-order valence-corrected chi connectivity index (χ4v) is 4.89. The molecule has 0 aromatic heterocycles. The lowest BCUT2D eigenvalue weighted by molar-refractivity contribution is -0.139. The van der Waals surface area contributed by atoms with Crippen LogP contribution in [0.1, 0.15) is 72.9 Å². The van der Waals surface area contributed by atoms with Crippen LogP contribution in [0, 0.1) is 0 Å². The molecule has 0 heterocycles. The Kier molecular flexibility index (Phi) is 9.73. The normalized spacial score (nSPS) is 12.7. The van der Waals surface area contributed by atoms with Gasteiger partial charge < -0.3 is 19.9 Å². The van der Waals surface area contributed by atoms with Crippen molar-refractivity contribution in [3.05, 3.63) is 89.5 Å². The number of fused-ring (bicyclic) bond motifs is 3. The van der Waals surface area contributed by atoms with Gasteiger partial charge in [0.1, 0.15) is 18.4 Å². The zero-order chi connectivity index (χ0) is 27.6. The number of carbonyl (C=O) groups is 3. The topological polar surface area (TPSA) is 102 Å². The second kappa shape index (κ2) is 13.6. The van der Waals surface area contributed by atoms with Crippen molar-refractivity contribution in [1.29, 1.82) is 0 Å². The predicted molar refractivity (Wildman–Crippen MR) is 149 cm³/mol. The van der Waals surface area contributed by atoms with E-state index in [4.69, 9.17) is 9.47 Å². The lowest BCUT2D eigenvalue weighted by Crippen LogP contribution is -2.41. The summed E-state index contributed by atoms with van der Waals surface area (Å²) < 4.78 is 11.1. The number of carboxylic acids is 1. The molecule has 4 rings (SSSR count). The molecule has 0 bridgehead atoms. The van der Waals surface area contributed by atoms with E-state index in [-0.39, 0.29) is 24.7 Å². The molecule has 1 aliphatic rings. The lowest BCUT2D eigenvalue weighted by atomic mass is 9.98. The number of rotatable bonds is 14. The minimum Gasteiger partial charge on any atom is -0.494 e. The maximum atomic E-state index is 12.5. The predicted octanol–water partition coefficient (Wildman–Crippen LogP) is 6.60. The largest absolute Gasteiger partial charge is 0.494 e. The molecule has 0 saturated heterocycles. The first-order valence-electron chi connectivity index (χ1n) is 13.6. The molecule has 1 amide bonds. The van der Waals surface area contributed by atoms with Gasteiger partial charge in [-0.15, -0.1) is 0 Å². The first-order valence-corrected chi connectivity index (χ1v) is 13.6. The van der Waals surface area contributed by atoms with Crippen LogP contribution >= 0.6 is 0 Å². The number of unbranched alkanes of at least 4 members (excludes halogenated alkanes) is 2. The molecule has 0 radical (unpaired) electrons. The van der Waals surface area contributed by atoms with E-state index in [0.717, 1.165) is 40.8 Å². The van der Waals surface area contributed by atoms with E-state index in [1.807, 2.05) is 36.4 Å². The third kappa shape index (κ3) is 7.25. The van der Waals surface area contributed by atoms with Crippen LogP contribution in [0.15, 0.2) is 72.8 Å². The quantitative estimate of drug-likeness (QED) is 0.180. The van der Waals surface area contributed by atoms with Crippen molar-refractivity contribution in [2.75, 3.05) is 13.2 Å². The summed E-state index contributed by atoms with van der Waals surface area (Å²) in [5, 5.41) is 12.1. The SMILES string of the molecule is CCCCOc1ccc(C(=O)CCCC[C@@H](NC(=O)OCC2c3ccccc3-c3ccccc32)C(=O)O)cc1. The van der Waals surface area contributed by atoms with Crippen LogP contribution in [0.25, 0.3) is 11.1 Å². The molecule has 39 heavy (non-hydrogen) atoms. The van der Waals surface area contributed by atoms with Crippen LogP contribution in [-0.2, 0) is 9.53 Å². The smallest absolute Gasteiger partial charge is 0.407 e. The van der Waals surface area contributed by atoms with E-state index >= 15 is 0 Å². The first-order chi connectivity index (χ1) is 19.0. The summed E-state index contributed by atoms with van der Waals surface area (Å²) in [7, 11) is 0. The van der Waals surface area contributed by atoms with Gasteiger partial charge >= 0.3 is 12.1 Å². The highest BCUT2D eigenvalue weighted by Gasteiger charge is 2.29. The van der Waals surface area contributed by atoms with Crippen molar-refractivity contribution in [2.24, 2.45) is 0 Å². The van der Waals surface area contributed by atoms with Gasteiger partial charge in [0.15, 0.2) is 5.78 Å². The summed E-state index contributed by atoms with van der Waals surface area (Å²) >= 11 is 0. The number of hydrogen-bond donors (Lipinski definition) is 2. The van der Waals surface area contributed by atoms with Crippen LogP contribution in [0.5, 0.6) is 5.75 Å². The molecule has 3 aromatic carbocycles. The van der Waals surface area contributed by atoms with Gasteiger partial charge in [-0.25, -0.2) is 9.59 Å². The summed E-state index contributed by atoms with van der Waals surface area (Å²) in [6.07, 6.45) is 2.77. The fourth-order valence-electron chi connectivity index (χ4n) is 4.89. The summed E-state index contributed by atoms with van der Waals surface area (Å²) in [6.45, 7) is 2.86. The van der Waals surface area contributed by atoms with Gasteiger partial charge in [0.25, 0.3) is 0 Å². The average molecular weight is 530 g/mol. The number of ketones is 1. The van der Waals surface area contributed by atoms with Crippen molar-refractivity contribution in [3.63, 3.8) is 0 Å². The molecule has 0 unspecified atom stereocenters. The molecule has 204 valence electrons. The molecule has 0 fully saturated rings. The number of alkyl carbamates (subject to hydrolysis) is 1. The average Bonchev–Trinajstić information content (AvgIpc) is 3.27. The number of ether oxygens (including phenoxy) is 2. The van der Waals surface area contributed by atoms with Crippen molar-refractivity contribution >= 4 is 17.8 Å². The van der Waals surface area contributed by atoms with Crippen molar-refractivity contribution in [2.45, 2.75) is 57.4 Å². The molecule has 3 aromatic rings. The molecule has 0 aliphatic heterocycles. The minimum absolute atomic E-state index is 0.00789. The fraction of sp³-hybridized carbons (Fsp3) is 0.344. The lowest BCUT2D eigenvalue weighted by Gasteiger charge is -2.17. The number of Topliss-reactive ketones (excluding diaryl/α,β-unsaturated/α-hetero) is 1. The van der Waals surface area contributed by atoms with Gasteiger partial charge in [-0.05, 0) is 65.8 Å². The number of hydrogen-bond acceptors (Lipinski definition) is 5. The van der Waals surface area contributed by atoms with Gasteiger partial charge in [-0.1, -0.05) is 68.3 Å². The highest BCUT2D eigenvalue weighted by atomic mass is 16.5. The Morgan fingerprint density at radius 1 is 0.872 bits per heavy atom. The van der Waals surface area contributed by atoms with Gasteiger partial charge in [-0.2, -0.15) is 0 Å². The van der Waals surface area contributed by atoms with Gasteiger partial charge in [-0.3, -0.25) is 4.79 Å². The first kappa shape index (κ1) is 27.9. The van der Waals surface area contributed by atoms with E-state index in [2.05, 4.69) is 24.4 Å². The highest BCUT2D eigenvalue weighted by molar-refractivity contribution is 5.96. The Balaban J connectivity index is 1.22. The Morgan fingerprint density at radius 3 is 2.13 bits per heavy atom. The summed E-state index contributed by atoms with van der Waals surface area (Å²) in [5.41, 5.74) is 5.02. The van der Waals surface area contributed by atoms with E-state index in [1.54, 1.807) is 24.3 Å². The van der Waals surface area contributed by atoms with Gasteiger partial charge in [0.05, 0.1) is 6.61 Å². The monoisotopic (exact) mass is 529 g/mol. The van der Waals surface area contributed by atoms with Crippen LogP contribution in [0.4, 0.5) is 4.79 Å². The molecule has 0 saturated carbocycles. The molecule has 7 nitrogen and oxygen atoms in total. The Bertz CT molecular complexity index is 1240. The number of aliphatic carboxylic acids is 1. The number of amides is 1. The van der Waals surface area contributed by atoms with Crippen molar-refractivity contribution < 1.29 is 29.0 Å². The van der Waals surface area contributed by atoms with Crippen molar-refractivity contribution in [1.82, 2.24) is 5.32 Å². The maximum Gasteiger partial charge on any atom is 0.407 e. The van der Waals surface area contributed by atoms with Crippen LogP contribution in [-0.4, -0.2) is 42.2 Å². The molecular formula is C32H35NO6.